The molecule has 0 atom stereocenters. The second kappa shape index (κ2) is 6.88. The standard InChI is InChI=1S/C18H12FN3O3/c19-13-9-7-12(8-10-13)18(23)21-15-5-2-1-4-14(15)17-16(22(24)25)6-3-11-20-17/h1-11H,(H,21,23). The van der Waals surface area contributed by atoms with E-state index < -0.39 is 16.6 Å². The number of halogens is 1. The number of hydrogen-bond acceptors (Lipinski definition) is 4. The minimum absolute atomic E-state index is 0.155. The molecule has 0 bridgehead atoms. The van der Waals surface area contributed by atoms with E-state index in [9.17, 15) is 19.3 Å². The number of nitrogens with zero attached hydrogens (tertiary/aromatic N) is 2. The van der Waals surface area contributed by atoms with Crippen LogP contribution in [0.15, 0.2) is 66.9 Å². The Kier molecular flexibility index (Phi) is 4.47. The number of amides is 1. The molecule has 0 unspecified atom stereocenters. The van der Waals surface area contributed by atoms with Crippen molar-refractivity contribution in [2.45, 2.75) is 0 Å². The number of aromatic nitrogens is 1. The van der Waals surface area contributed by atoms with Gasteiger partial charge < -0.3 is 5.32 Å². The molecule has 0 fully saturated rings. The highest BCUT2D eigenvalue weighted by molar-refractivity contribution is 6.06. The molecular formula is C18H12FN3O3. The zero-order valence-electron chi connectivity index (χ0n) is 12.8. The highest BCUT2D eigenvalue weighted by atomic mass is 19.1. The molecule has 6 nitrogen and oxygen atoms in total. The Morgan fingerprint density at radius 3 is 2.48 bits per heavy atom. The summed E-state index contributed by atoms with van der Waals surface area (Å²) in [5.74, 6) is -0.896. The van der Waals surface area contributed by atoms with Crippen LogP contribution in [-0.2, 0) is 0 Å². The van der Waals surface area contributed by atoms with E-state index in [1.165, 1.54) is 42.6 Å². The summed E-state index contributed by atoms with van der Waals surface area (Å²) in [6.07, 6.45) is 1.45. The van der Waals surface area contributed by atoms with Crippen molar-refractivity contribution in [1.82, 2.24) is 4.98 Å². The molecule has 0 aliphatic rings. The van der Waals surface area contributed by atoms with Gasteiger partial charge in [0, 0.05) is 23.4 Å². The Hall–Kier alpha value is -3.61. The molecule has 3 rings (SSSR count). The van der Waals surface area contributed by atoms with E-state index in [1.807, 2.05) is 0 Å². The molecule has 2 aromatic carbocycles. The van der Waals surface area contributed by atoms with Crippen molar-refractivity contribution >= 4 is 17.3 Å². The summed E-state index contributed by atoms with van der Waals surface area (Å²) >= 11 is 0. The average molecular weight is 337 g/mol. The summed E-state index contributed by atoms with van der Waals surface area (Å²) in [5.41, 5.74) is 1.06. The predicted octanol–water partition coefficient (Wildman–Crippen LogP) is 4.05. The van der Waals surface area contributed by atoms with Gasteiger partial charge in [0.25, 0.3) is 11.6 Å². The summed E-state index contributed by atoms with van der Waals surface area (Å²) in [6.45, 7) is 0. The molecule has 0 saturated heterocycles. The lowest BCUT2D eigenvalue weighted by Crippen LogP contribution is -2.12. The van der Waals surface area contributed by atoms with Gasteiger partial charge in [-0.15, -0.1) is 0 Å². The molecule has 1 N–H and O–H groups in total. The largest absolute Gasteiger partial charge is 0.321 e. The van der Waals surface area contributed by atoms with Crippen LogP contribution in [0.25, 0.3) is 11.3 Å². The number of carbonyl (C=O) groups excluding carboxylic acids is 1. The van der Waals surface area contributed by atoms with Gasteiger partial charge in [0.05, 0.1) is 10.6 Å². The first-order chi connectivity index (χ1) is 12.1. The molecule has 1 heterocycles. The summed E-state index contributed by atoms with van der Waals surface area (Å²) in [5, 5.41) is 13.9. The van der Waals surface area contributed by atoms with Crippen LogP contribution in [0.4, 0.5) is 15.8 Å². The fourth-order valence-electron chi connectivity index (χ4n) is 2.35. The number of nitro groups is 1. The molecule has 0 aliphatic carbocycles. The van der Waals surface area contributed by atoms with Gasteiger partial charge in [-0.05, 0) is 36.4 Å². The second-order valence-electron chi connectivity index (χ2n) is 5.13. The molecular weight excluding hydrogens is 325 g/mol. The first-order valence-electron chi connectivity index (χ1n) is 7.32. The van der Waals surface area contributed by atoms with Crippen LogP contribution in [0.1, 0.15) is 10.4 Å². The van der Waals surface area contributed by atoms with E-state index in [-0.39, 0.29) is 16.9 Å². The van der Waals surface area contributed by atoms with Crippen molar-refractivity contribution in [2.75, 3.05) is 5.32 Å². The summed E-state index contributed by atoms with van der Waals surface area (Å²) < 4.78 is 13.0. The van der Waals surface area contributed by atoms with Gasteiger partial charge in [0.2, 0.25) is 0 Å². The zero-order valence-corrected chi connectivity index (χ0v) is 12.8. The van der Waals surface area contributed by atoms with Gasteiger partial charge in [-0.3, -0.25) is 14.9 Å². The average Bonchev–Trinajstić information content (AvgIpc) is 2.62. The Morgan fingerprint density at radius 2 is 1.76 bits per heavy atom. The van der Waals surface area contributed by atoms with Crippen molar-refractivity contribution in [3.63, 3.8) is 0 Å². The Bertz CT molecular complexity index is 942. The van der Waals surface area contributed by atoms with Crippen LogP contribution in [0.2, 0.25) is 0 Å². The number of pyridine rings is 1. The van der Waals surface area contributed by atoms with Crippen molar-refractivity contribution in [3.8, 4) is 11.3 Å². The van der Waals surface area contributed by atoms with Crippen LogP contribution >= 0.6 is 0 Å². The molecule has 1 aromatic heterocycles. The second-order valence-corrected chi connectivity index (χ2v) is 5.13. The molecule has 1 amide bonds. The fraction of sp³-hybridized carbons (Fsp3) is 0. The van der Waals surface area contributed by atoms with Crippen LogP contribution < -0.4 is 5.32 Å². The lowest BCUT2D eigenvalue weighted by atomic mass is 10.1. The number of para-hydroxylation sites is 1. The van der Waals surface area contributed by atoms with E-state index in [1.54, 1.807) is 24.3 Å². The third-order valence-electron chi connectivity index (χ3n) is 3.52. The Balaban J connectivity index is 1.98. The van der Waals surface area contributed by atoms with Gasteiger partial charge in [0.15, 0.2) is 0 Å². The van der Waals surface area contributed by atoms with Crippen molar-refractivity contribution in [1.29, 1.82) is 0 Å². The van der Waals surface area contributed by atoms with Crippen molar-refractivity contribution in [3.05, 3.63) is 88.4 Å². The molecule has 0 radical (unpaired) electrons. The molecule has 0 spiro atoms. The first-order valence-corrected chi connectivity index (χ1v) is 7.32. The van der Waals surface area contributed by atoms with Crippen LogP contribution in [0.5, 0.6) is 0 Å². The van der Waals surface area contributed by atoms with E-state index >= 15 is 0 Å². The number of nitrogens with one attached hydrogen (secondary N) is 1. The SMILES string of the molecule is O=C(Nc1ccccc1-c1ncccc1[N+](=O)[O-])c1ccc(F)cc1. The number of carbonyl (C=O) groups is 1. The van der Waals surface area contributed by atoms with Gasteiger partial charge in [-0.1, -0.05) is 18.2 Å². The van der Waals surface area contributed by atoms with Gasteiger partial charge in [-0.25, -0.2) is 9.37 Å². The number of rotatable bonds is 4. The number of hydrogen-bond donors (Lipinski definition) is 1. The minimum Gasteiger partial charge on any atom is -0.321 e. The third-order valence-corrected chi connectivity index (χ3v) is 3.52. The maximum atomic E-state index is 13.0. The lowest BCUT2D eigenvalue weighted by Gasteiger charge is -2.11. The van der Waals surface area contributed by atoms with E-state index in [4.69, 9.17) is 0 Å². The molecule has 124 valence electrons. The van der Waals surface area contributed by atoms with Crippen LogP contribution in [0, 0.1) is 15.9 Å². The van der Waals surface area contributed by atoms with Crippen molar-refractivity contribution < 1.29 is 14.1 Å². The highest BCUT2D eigenvalue weighted by Crippen LogP contribution is 2.32. The fourth-order valence-corrected chi connectivity index (χ4v) is 2.35. The van der Waals surface area contributed by atoms with Crippen molar-refractivity contribution in [2.24, 2.45) is 0 Å². The van der Waals surface area contributed by atoms with E-state index in [0.717, 1.165) is 0 Å². The smallest absolute Gasteiger partial charge is 0.295 e. The number of benzene rings is 2. The van der Waals surface area contributed by atoms with Crippen LogP contribution in [-0.4, -0.2) is 15.8 Å². The summed E-state index contributed by atoms with van der Waals surface area (Å²) in [6, 6.07) is 14.6. The molecule has 0 saturated carbocycles. The zero-order chi connectivity index (χ0) is 17.8. The van der Waals surface area contributed by atoms with Gasteiger partial charge in [0.1, 0.15) is 11.5 Å². The first kappa shape index (κ1) is 16.3. The van der Waals surface area contributed by atoms with E-state index in [0.29, 0.717) is 11.3 Å². The van der Waals surface area contributed by atoms with Gasteiger partial charge >= 0.3 is 0 Å². The summed E-state index contributed by atoms with van der Waals surface area (Å²) in [7, 11) is 0. The molecule has 25 heavy (non-hydrogen) atoms. The number of anilines is 1. The lowest BCUT2D eigenvalue weighted by molar-refractivity contribution is -0.384. The monoisotopic (exact) mass is 337 g/mol. The Morgan fingerprint density at radius 1 is 1.04 bits per heavy atom. The topological polar surface area (TPSA) is 85.1 Å². The molecule has 0 aliphatic heterocycles. The predicted molar refractivity (Wildman–Crippen MR) is 90.7 cm³/mol. The maximum absolute atomic E-state index is 13.0. The highest BCUT2D eigenvalue weighted by Gasteiger charge is 2.19. The van der Waals surface area contributed by atoms with E-state index in [2.05, 4.69) is 10.3 Å². The Labute approximate surface area is 142 Å². The maximum Gasteiger partial charge on any atom is 0.295 e. The normalized spacial score (nSPS) is 10.3. The van der Waals surface area contributed by atoms with Gasteiger partial charge in [-0.2, -0.15) is 0 Å². The molecule has 7 heteroatoms. The van der Waals surface area contributed by atoms with Crippen LogP contribution in [0.3, 0.4) is 0 Å². The summed E-state index contributed by atoms with van der Waals surface area (Å²) in [4.78, 5) is 27.1. The molecule has 3 aromatic rings. The minimum atomic E-state index is -0.527. The third kappa shape index (κ3) is 3.50. The quantitative estimate of drug-likeness (QED) is 0.575.